The predicted octanol–water partition coefficient (Wildman–Crippen LogP) is 2.40. The van der Waals surface area contributed by atoms with Crippen molar-refractivity contribution >= 4 is 23.8 Å². The van der Waals surface area contributed by atoms with E-state index in [1.807, 2.05) is 27.0 Å². The standard InChI is InChI=1S/C14H28N2O3S/c1-9(2)11(12(17)15-8-10(3)20-7)16-13(18)19-14(4,5)6/h9-11H,8H2,1-7H3,(H,15,17)(H,16,18). The summed E-state index contributed by atoms with van der Waals surface area (Å²) in [5.41, 5.74) is -0.574. The summed E-state index contributed by atoms with van der Waals surface area (Å²) in [5, 5.41) is 5.83. The number of amides is 2. The maximum atomic E-state index is 12.1. The minimum atomic E-state index is -0.584. The van der Waals surface area contributed by atoms with Crippen LogP contribution in [0.25, 0.3) is 0 Å². The van der Waals surface area contributed by atoms with E-state index in [4.69, 9.17) is 4.74 Å². The third-order valence-corrected chi connectivity index (χ3v) is 3.56. The van der Waals surface area contributed by atoms with Gasteiger partial charge in [-0.2, -0.15) is 11.8 Å². The van der Waals surface area contributed by atoms with Gasteiger partial charge < -0.3 is 15.4 Å². The summed E-state index contributed by atoms with van der Waals surface area (Å²) in [7, 11) is 0. The van der Waals surface area contributed by atoms with E-state index < -0.39 is 17.7 Å². The fourth-order valence-corrected chi connectivity index (χ4v) is 1.66. The zero-order chi connectivity index (χ0) is 15.9. The van der Waals surface area contributed by atoms with E-state index in [0.717, 1.165) is 0 Å². The van der Waals surface area contributed by atoms with Crippen LogP contribution in [0.1, 0.15) is 41.5 Å². The molecule has 0 rings (SSSR count). The number of carbonyl (C=O) groups excluding carboxylic acids is 2. The lowest BCUT2D eigenvalue weighted by Gasteiger charge is -2.25. The quantitative estimate of drug-likeness (QED) is 0.791. The molecule has 118 valence electrons. The summed E-state index contributed by atoms with van der Waals surface area (Å²) in [6, 6.07) is -0.584. The van der Waals surface area contributed by atoms with E-state index in [1.54, 1.807) is 32.5 Å². The van der Waals surface area contributed by atoms with Gasteiger partial charge in [0.25, 0.3) is 0 Å². The van der Waals surface area contributed by atoms with E-state index in [9.17, 15) is 9.59 Å². The van der Waals surface area contributed by atoms with E-state index in [2.05, 4.69) is 10.6 Å². The van der Waals surface area contributed by atoms with E-state index in [0.29, 0.717) is 11.8 Å². The Bertz CT molecular complexity index is 327. The molecule has 6 heteroatoms. The number of ether oxygens (including phenoxy) is 1. The van der Waals surface area contributed by atoms with Gasteiger partial charge in [0.05, 0.1) is 0 Å². The normalized spacial score (nSPS) is 14.6. The molecule has 2 amide bonds. The zero-order valence-electron chi connectivity index (χ0n) is 13.6. The highest BCUT2D eigenvalue weighted by atomic mass is 32.2. The molecule has 0 aromatic carbocycles. The van der Waals surface area contributed by atoms with Crippen LogP contribution in [0, 0.1) is 5.92 Å². The first-order chi connectivity index (χ1) is 9.06. The molecule has 0 radical (unpaired) electrons. The van der Waals surface area contributed by atoms with Crippen molar-refractivity contribution in [1.29, 1.82) is 0 Å². The van der Waals surface area contributed by atoms with Crippen molar-refractivity contribution in [2.45, 2.75) is 58.4 Å². The number of hydrogen-bond donors (Lipinski definition) is 2. The van der Waals surface area contributed by atoms with Crippen LogP contribution in [-0.4, -0.2) is 41.7 Å². The van der Waals surface area contributed by atoms with Gasteiger partial charge in [0, 0.05) is 11.8 Å². The molecule has 0 spiro atoms. The molecule has 0 heterocycles. The summed E-state index contributed by atoms with van der Waals surface area (Å²) in [6.45, 7) is 11.8. The second-order valence-electron chi connectivity index (χ2n) is 6.16. The number of rotatable bonds is 6. The molecule has 20 heavy (non-hydrogen) atoms. The summed E-state index contributed by atoms with van der Waals surface area (Å²) in [4.78, 5) is 23.9. The molecule has 0 bridgehead atoms. The summed E-state index contributed by atoms with van der Waals surface area (Å²) in [5.74, 6) is -0.182. The molecule has 0 saturated carbocycles. The molecule has 5 nitrogen and oxygen atoms in total. The Hall–Kier alpha value is -0.910. The first kappa shape index (κ1) is 19.1. The number of nitrogens with one attached hydrogen (secondary N) is 2. The minimum absolute atomic E-state index is 0.00731. The minimum Gasteiger partial charge on any atom is -0.444 e. The van der Waals surface area contributed by atoms with Crippen molar-refractivity contribution < 1.29 is 14.3 Å². The summed E-state index contributed by atoms with van der Waals surface area (Å²) in [6.07, 6.45) is 1.43. The van der Waals surface area contributed by atoms with Crippen LogP contribution < -0.4 is 10.6 Å². The van der Waals surface area contributed by atoms with Gasteiger partial charge in [-0.25, -0.2) is 4.79 Å². The van der Waals surface area contributed by atoms with Crippen LogP contribution in [0.15, 0.2) is 0 Å². The first-order valence-corrected chi connectivity index (χ1v) is 8.15. The third kappa shape index (κ3) is 8.30. The van der Waals surface area contributed by atoms with Crippen LogP contribution in [0.4, 0.5) is 4.79 Å². The predicted molar refractivity (Wildman–Crippen MR) is 84.0 cm³/mol. The Morgan fingerprint density at radius 3 is 2.15 bits per heavy atom. The Morgan fingerprint density at radius 1 is 1.20 bits per heavy atom. The average Bonchev–Trinajstić information content (AvgIpc) is 2.29. The van der Waals surface area contributed by atoms with Crippen LogP contribution in [0.5, 0.6) is 0 Å². The maximum Gasteiger partial charge on any atom is 0.408 e. The average molecular weight is 304 g/mol. The lowest BCUT2D eigenvalue weighted by molar-refractivity contribution is -0.124. The monoisotopic (exact) mass is 304 g/mol. The summed E-state index contributed by atoms with van der Waals surface area (Å²) < 4.78 is 5.18. The molecule has 0 aromatic rings. The van der Waals surface area contributed by atoms with Crippen molar-refractivity contribution in [3.05, 3.63) is 0 Å². The molecular formula is C14H28N2O3S. The molecule has 0 aliphatic heterocycles. The fourth-order valence-electron chi connectivity index (χ4n) is 1.41. The van der Waals surface area contributed by atoms with Crippen LogP contribution in [-0.2, 0) is 9.53 Å². The van der Waals surface area contributed by atoms with Crippen molar-refractivity contribution in [3.63, 3.8) is 0 Å². The first-order valence-electron chi connectivity index (χ1n) is 6.86. The van der Waals surface area contributed by atoms with Crippen molar-refractivity contribution in [2.24, 2.45) is 5.92 Å². The lowest BCUT2D eigenvalue weighted by Crippen LogP contribution is -2.51. The molecule has 2 unspecified atom stereocenters. The molecule has 0 saturated heterocycles. The van der Waals surface area contributed by atoms with Gasteiger partial charge in [-0.1, -0.05) is 20.8 Å². The smallest absolute Gasteiger partial charge is 0.408 e. The van der Waals surface area contributed by atoms with Gasteiger partial charge in [0.1, 0.15) is 11.6 Å². The Morgan fingerprint density at radius 2 is 1.75 bits per heavy atom. The Labute approximate surface area is 126 Å². The number of alkyl carbamates (subject to hydrolysis) is 1. The van der Waals surface area contributed by atoms with E-state index in [-0.39, 0.29) is 11.8 Å². The molecule has 0 fully saturated rings. The van der Waals surface area contributed by atoms with Crippen molar-refractivity contribution in [3.8, 4) is 0 Å². The zero-order valence-corrected chi connectivity index (χ0v) is 14.4. The third-order valence-electron chi connectivity index (χ3n) is 2.59. The van der Waals surface area contributed by atoms with Gasteiger partial charge in [0.15, 0.2) is 0 Å². The number of hydrogen-bond acceptors (Lipinski definition) is 4. The SMILES string of the molecule is CSC(C)CNC(=O)C(NC(=O)OC(C)(C)C)C(C)C. The van der Waals surface area contributed by atoms with E-state index >= 15 is 0 Å². The molecule has 2 N–H and O–H groups in total. The second kappa shape index (κ2) is 8.39. The van der Waals surface area contributed by atoms with Crippen molar-refractivity contribution in [1.82, 2.24) is 10.6 Å². The van der Waals surface area contributed by atoms with Gasteiger partial charge in [-0.3, -0.25) is 4.79 Å². The van der Waals surface area contributed by atoms with Gasteiger partial charge >= 0.3 is 6.09 Å². The van der Waals surface area contributed by atoms with Gasteiger partial charge in [-0.15, -0.1) is 0 Å². The van der Waals surface area contributed by atoms with Crippen molar-refractivity contribution in [2.75, 3.05) is 12.8 Å². The Kier molecular flexibility index (Phi) is 8.01. The maximum absolute atomic E-state index is 12.1. The topological polar surface area (TPSA) is 67.4 Å². The molecule has 0 aliphatic rings. The highest BCUT2D eigenvalue weighted by Gasteiger charge is 2.26. The molecule has 2 atom stereocenters. The van der Waals surface area contributed by atoms with Gasteiger partial charge in [0.2, 0.25) is 5.91 Å². The van der Waals surface area contributed by atoms with Gasteiger partial charge in [-0.05, 0) is 32.9 Å². The largest absolute Gasteiger partial charge is 0.444 e. The van der Waals surface area contributed by atoms with E-state index in [1.165, 1.54) is 0 Å². The second-order valence-corrected chi connectivity index (χ2v) is 7.44. The van der Waals surface area contributed by atoms with Crippen LogP contribution >= 0.6 is 11.8 Å². The lowest BCUT2D eigenvalue weighted by atomic mass is 10.0. The fraction of sp³-hybridized carbons (Fsp3) is 0.857. The highest BCUT2D eigenvalue weighted by molar-refractivity contribution is 7.99. The highest BCUT2D eigenvalue weighted by Crippen LogP contribution is 2.09. The van der Waals surface area contributed by atoms with Crippen LogP contribution in [0.3, 0.4) is 0 Å². The number of carbonyl (C=O) groups is 2. The molecular weight excluding hydrogens is 276 g/mol. The summed E-state index contributed by atoms with van der Waals surface area (Å²) >= 11 is 1.68. The Balaban J connectivity index is 4.49. The number of thioether (sulfide) groups is 1. The molecule has 0 aromatic heterocycles. The van der Waals surface area contributed by atoms with Crippen LogP contribution in [0.2, 0.25) is 0 Å². The molecule has 0 aliphatic carbocycles.